The Bertz CT molecular complexity index is 1400. The van der Waals surface area contributed by atoms with Gasteiger partial charge in [-0.2, -0.15) is 0 Å². The number of phenolic OH excluding ortho intramolecular Hbond substituents is 1. The predicted octanol–water partition coefficient (Wildman–Crippen LogP) is 7.96. The van der Waals surface area contributed by atoms with Crippen LogP contribution in [0.1, 0.15) is 46.5 Å². The molecule has 0 spiro atoms. The highest BCUT2D eigenvalue weighted by atomic mass is 16.5. The lowest BCUT2D eigenvalue weighted by molar-refractivity contribution is 0.104. The van der Waals surface area contributed by atoms with E-state index in [1.165, 1.54) is 6.08 Å². The quantitative estimate of drug-likeness (QED) is 0.128. The highest BCUT2D eigenvalue weighted by Gasteiger charge is 2.17. The lowest BCUT2D eigenvalue weighted by Gasteiger charge is -2.14. The van der Waals surface area contributed by atoms with Gasteiger partial charge in [-0.15, -0.1) is 0 Å². The third-order valence-electron chi connectivity index (χ3n) is 6.01. The summed E-state index contributed by atoms with van der Waals surface area (Å²) in [6.45, 7) is 4.86. The van der Waals surface area contributed by atoms with Gasteiger partial charge in [0.2, 0.25) is 0 Å². The Hall–Kier alpha value is -4.57. The van der Waals surface area contributed by atoms with Gasteiger partial charge in [0, 0.05) is 5.56 Å². The molecule has 0 saturated carbocycles. The average molecular weight is 505 g/mol. The van der Waals surface area contributed by atoms with Crippen LogP contribution < -0.4 is 9.47 Å². The van der Waals surface area contributed by atoms with Crippen LogP contribution in [0.25, 0.3) is 6.08 Å². The molecule has 0 aliphatic rings. The molecule has 192 valence electrons. The van der Waals surface area contributed by atoms with Gasteiger partial charge in [-0.1, -0.05) is 90.5 Å². The van der Waals surface area contributed by atoms with Crippen molar-refractivity contribution in [2.45, 2.75) is 33.5 Å². The fourth-order valence-electron chi connectivity index (χ4n) is 3.87. The van der Waals surface area contributed by atoms with Gasteiger partial charge in [-0.3, -0.25) is 4.79 Å². The number of phenols is 1. The van der Waals surface area contributed by atoms with E-state index in [2.05, 4.69) is 0 Å². The first-order chi connectivity index (χ1) is 18.5. The molecule has 38 heavy (non-hydrogen) atoms. The van der Waals surface area contributed by atoms with Gasteiger partial charge in [0.05, 0.1) is 5.56 Å². The van der Waals surface area contributed by atoms with Gasteiger partial charge in [-0.25, -0.2) is 0 Å². The number of allylic oxidation sites excluding steroid dienone is 3. The van der Waals surface area contributed by atoms with Crippen molar-refractivity contribution in [2.24, 2.45) is 0 Å². The maximum Gasteiger partial charge on any atom is 0.189 e. The van der Waals surface area contributed by atoms with E-state index in [1.807, 2.05) is 105 Å². The topological polar surface area (TPSA) is 55.8 Å². The van der Waals surface area contributed by atoms with Crippen LogP contribution in [0.15, 0.2) is 115 Å². The molecular weight excluding hydrogens is 472 g/mol. The number of aromatic hydroxyl groups is 1. The summed E-state index contributed by atoms with van der Waals surface area (Å²) in [6, 6.07) is 30.7. The van der Waals surface area contributed by atoms with Gasteiger partial charge in [0.15, 0.2) is 5.78 Å². The van der Waals surface area contributed by atoms with Gasteiger partial charge in [0.25, 0.3) is 0 Å². The minimum Gasteiger partial charge on any atom is -0.507 e. The normalized spacial score (nSPS) is 10.8. The Kier molecular flexibility index (Phi) is 9.14. The SMILES string of the molecule is CC(C)=CCc1c(OCc2ccccc2)ccc(C(=O)C=Cc2ccc(OCc3ccccc3)cc2)c1O. The molecule has 0 aliphatic heterocycles. The highest BCUT2D eigenvalue weighted by molar-refractivity contribution is 6.09. The molecule has 0 aliphatic carbocycles. The third-order valence-corrected chi connectivity index (χ3v) is 6.01. The number of ketones is 1. The Morgan fingerprint density at radius 2 is 1.37 bits per heavy atom. The van der Waals surface area contributed by atoms with E-state index in [-0.39, 0.29) is 17.1 Å². The summed E-state index contributed by atoms with van der Waals surface area (Å²) in [4.78, 5) is 13.0. The highest BCUT2D eigenvalue weighted by Crippen LogP contribution is 2.33. The number of carbonyl (C=O) groups excluding carboxylic acids is 1. The first kappa shape index (κ1) is 26.5. The van der Waals surface area contributed by atoms with Gasteiger partial charge in [0.1, 0.15) is 30.5 Å². The van der Waals surface area contributed by atoms with E-state index in [1.54, 1.807) is 18.2 Å². The molecule has 0 unspecified atom stereocenters. The number of benzene rings is 4. The van der Waals surface area contributed by atoms with Crippen molar-refractivity contribution in [3.63, 3.8) is 0 Å². The van der Waals surface area contributed by atoms with E-state index in [9.17, 15) is 9.90 Å². The first-order valence-corrected chi connectivity index (χ1v) is 12.6. The van der Waals surface area contributed by atoms with Crippen molar-refractivity contribution in [1.82, 2.24) is 0 Å². The lowest BCUT2D eigenvalue weighted by atomic mass is 10.00. The van der Waals surface area contributed by atoms with Crippen molar-refractivity contribution >= 4 is 11.9 Å². The van der Waals surface area contributed by atoms with Crippen LogP contribution in [0.3, 0.4) is 0 Å². The number of hydrogen-bond acceptors (Lipinski definition) is 4. The van der Waals surface area contributed by atoms with E-state index < -0.39 is 0 Å². The smallest absolute Gasteiger partial charge is 0.189 e. The van der Waals surface area contributed by atoms with Crippen molar-refractivity contribution in [1.29, 1.82) is 0 Å². The zero-order valence-corrected chi connectivity index (χ0v) is 21.8. The number of carbonyl (C=O) groups is 1. The van der Waals surface area contributed by atoms with Gasteiger partial charge < -0.3 is 14.6 Å². The van der Waals surface area contributed by atoms with Crippen LogP contribution in [0, 0.1) is 0 Å². The van der Waals surface area contributed by atoms with Crippen LogP contribution in [-0.4, -0.2) is 10.9 Å². The molecule has 0 fully saturated rings. The minimum absolute atomic E-state index is 0.0487. The summed E-state index contributed by atoms with van der Waals surface area (Å²) < 4.78 is 11.9. The molecule has 0 bridgehead atoms. The summed E-state index contributed by atoms with van der Waals surface area (Å²) in [6.07, 6.45) is 5.69. The van der Waals surface area contributed by atoms with Crippen LogP contribution >= 0.6 is 0 Å². The molecule has 0 saturated heterocycles. The van der Waals surface area contributed by atoms with E-state index in [0.717, 1.165) is 28.0 Å². The first-order valence-electron chi connectivity index (χ1n) is 12.6. The van der Waals surface area contributed by atoms with Crippen molar-refractivity contribution in [2.75, 3.05) is 0 Å². The zero-order chi connectivity index (χ0) is 26.7. The third kappa shape index (κ3) is 7.47. The van der Waals surface area contributed by atoms with Crippen molar-refractivity contribution in [3.8, 4) is 17.2 Å². The number of rotatable bonds is 11. The molecule has 4 aromatic rings. The molecule has 4 aromatic carbocycles. The second-order valence-corrected chi connectivity index (χ2v) is 9.24. The molecule has 0 atom stereocenters. The lowest BCUT2D eigenvalue weighted by Crippen LogP contribution is -2.03. The molecular formula is C34H32O4. The monoisotopic (exact) mass is 504 g/mol. The standard InChI is InChI=1S/C34H32O4/c1-25(2)13-19-31-33(38-24-28-11-7-4-8-12-28)22-20-30(34(31)36)32(35)21-16-26-14-17-29(18-15-26)37-23-27-9-5-3-6-10-27/h3-18,20-22,36H,19,23-24H2,1-2H3. The maximum atomic E-state index is 13.0. The van der Waals surface area contributed by atoms with Gasteiger partial charge >= 0.3 is 0 Å². The Labute approximate surface area is 224 Å². The number of ether oxygens (including phenoxy) is 2. The summed E-state index contributed by atoms with van der Waals surface area (Å²) in [5.74, 6) is 0.993. The predicted molar refractivity (Wildman–Crippen MR) is 153 cm³/mol. The molecule has 4 nitrogen and oxygen atoms in total. The molecule has 0 aromatic heterocycles. The van der Waals surface area contributed by atoms with Crippen LogP contribution in [0.2, 0.25) is 0 Å². The number of hydrogen-bond donors (Lipinski definition) is 1. The molecule has 4 heteroatoms. The average Bonchev–Trinajstić information content (AvgIpc) is 2.94. The van der Waals surface area contributed by atoms with E-state index >= 15 is 0 Å². The zero-order valence-electron chi connectivity index (χ0n) is 21.8. The second kappa shape index (κ2) is 13.1. The van der Waals surface area contributed by atoms with Crippen LogP contribution in [0.4, 0.5) is 0 Å². The minimum atomic E-state index is -0.278. The molecule has 4 rings (SSSR count). The summed E-state index contributed by atoms with van der Waals surface area (Å²) in [5, 5.41) is 11.1. The maximum absolute atomic E-state index is 13.0. The molecule has 1 N–H and O–H groups in total. The van der Waals surface area contributed by atoms with E-state index in [4.69, 9.17) is 9.47 Å². The molecule has 0 heterocycles. The Morgan fingerprint density at radius 1 is 0.763 bits per heavy atom. The largest absolute Gasteiger partial charge is 0.507 e. The molecule has 0 amide bonds. The Balaban J connectivity index is 1.46. The van der Waals surface area contributed by atoms with Crippen LogP contribution in [-0.2, 0) is 19.6 Å². The summed E-state index contributed by atoms with van der Waals surface area (Å²) in [7, 11) is 0. The van der Waals surface area contributed by atoms with Gasteiger partial charge in [-0.05, 0) is 67.3 Å². The van der Waals surface area contributed by atoms with Crippen LogP contribution in [0.5, 0.6) is 17.2 Å². The summed E-state index contributed by atoms with van der Waals surface area (Å²) in [5.41, 5.74) is 4.94. The summed E-state index contributed by atoms with van der Waals surface area (Å²) >= 11 is 0. The van der Waals surface area contributed by atoms with Crippen molar-refractivity contribution in [3.05, 3.63) is 143 Å². The fourth-order valence-corrected chi connectivity index (χ4v) is 3.87. The van der Waals surface area contributed by atoms with Crippen molar-refractivity contribution < 1.29 is 19.4 Å². The molecule has 0 radical (unpaired) electrons. The Morgan fingerprint density at radius 3 is 1.97 bits per heavy atom. The second-order valence-electron chi connectivity index (χ2n) is 9.24. The van der Waals surface area contributed by atoms with E-state index in [0.29, 0.717) is 30.9 Å². The fraction of sp³-hybridized carbons (Fsp3) is 0.147.